The van der Waals surface area contributed by atoms with Crippen molar-refractivity contribution in [2.24, 2.45) is 5.16 Å². The summed E-state index contributed by atoms with van der Waals surface area (Å²) in [6.45, 7) is 5.40. The molecule has 2 aliphatic heterocycles. The predicted octanol–water partition coefficient (Wildman–Crippen LogP) is 1.43. The molecule has 3 amide bonds. The minimum absolute atomic E-state index is 0.0793. The van der Waals surface area contributed by atoms with Crippen LogP contribution in [0.5, 0.6) is 0 Å². The second-order valence-corrected chi connectivity index (χ2v) is 7.16. The first-order valence-electron chi connectivity index (χ1n) is 8.95. The zero-order chi connectivity index (χ0) is 18.6. The molecule has 0 unspecified atom stereocenters. The number of carbonyl (C=O) groups is 2. The molecule has 0 radical (unpaired) electrons. The van der Waals surface area contributed by atoms with E-state index in [-0.39, 0.29) is 18.0 Å². The van der Waals surface area contributed by atoms with Crippen molar-refractivity contribution in [2.75, 3.05) is 13.1 Å². The molecule has 1 atom stereocenters. The lowest BCUT2D eigenvalue weighted by Gasteiger charge is -2.38. The van der Waals surface area contributed by atoms with Crippen molar-refractivity contribution in [2.45, 2.75) is 51.3 Å². The first kappa shape index (κ1) is 18.2. The fourth-order valence-corrected chi connectivity index (χ4v) is 3.26. The molecule has 140 valence electrons. The molecular weight excluding hydrogens is 334 g/mol. The molecule has 2 N–H and O–H groups in total. The van der Waals surface area contributed by atoms with E-state index in [0.29, 0.717) is 31.8 Å². The second-order valence-electron chi connectivity index (χ2n) is 7.16. The molecule has 1 aromatic heterocycles. The van der Waals surface area contributed by atoms with Gasteiger partial charge >= 0.3 is 6.03 Å². The minimum atomic E-state index is -0.587. The number of pyridine rings is 1. The Bertz CT molecular complexity index is 691. The number of piperidine rings is 1. The zero-order valence-electron chi connectivity index (χ0n) is 15.2. The number of amides is 3. The van der Waals surface area contributed by atoms with Gasteiger partial charge in [0.15, 0.2) is 5.60 Å². The fourth-order valence-electron chi connectivity index (χ4n) is 3.26. The third-order valence-electron chi connectivity index (χ3n) is 4.54. The van der Waals surface area contributed by atoms with Crippen LogP contribution in [0.4, 0.5) is 4.79 Å². The summed E-state index contributed by atoms with van der Waals surface area (Å²) < 4.78 is 0. The van der Waals surface area contributed by atoms with Gasteiger partial charge in [0.05, 0.1) is 6.54 Å². The number of nitrogens with one attached hydrogen (secondary N) is 2. The van der Waals surface area contributed by atoms with Crippen LogP contribution in [0.25, 0.3) is 0 Å². The SMILES string of the molecule is CC(C)NC(=O)N1CCC[C@]2(CC(C(=O)NCc3ccncc3)=NO2)C1. The van der Waals surface area contributed by atoms with E-state index in [0.717, 1.165) is 18.4 Å². The quantitative estimate of drug-likeness (QED) is 0.850. The molecule has 0 saturated carbocycles. The summed E-state index contributed by atoms with van der Waals surface area (Å²) in [4.78, 5) is 36.0. The highest BCUT2D eigenvalue weighted by atomic mass is 16.7. The van der Waals surface area contributed by atoms with E-state index in [4.69, 9.17) is 4.84 Å². The van der Waals surface area contributed by atoms with Crippen molar-refractivity contribution in [3.8, 4) is 0 Å². The van der Waals surface area contributed by atoms with Crippen molar-refractivity contribution in [1.82, 2.24) is 20.5 Å². The Kier molecular flexibility index (Phi) is 5.39. The normalized spacial score (nSPS) is 22.1. The van der Waals surface area contributed by atoms with Gasteiger partial charge in [0.1, 0.15) is 5.71 Å². The van der Waals surface area contributed by atoms with Gasteiger partial charge in [-0.15, -0.1) is 0 Å². The van der Waals surface area contributed by atoms with Crippen LogP contribution in [0.15, 0.2) is 29.7 Å². The van der Waals surface area contributed by atoms with Crippen LogP contribution in [0, 0.1) is 0 Å². The molecule has 0 aliphatic carbocycles. The summed E-state index contributed by atoms with van der Waals surface area (Å²) in [5, 5.41) is 9.77. The number of hydrogen-bond acceptors (Lipinski definition) is 5. The van der Waals surface area contributed by atoms with Gasteiger partial charge in [0.2, 0.25) is 0 Å². The predicted molar refractivity (Wildman–Crippen MR) is 96.4 cm³/mol. The van der Waals surface area contributed by atoms with Crippen LogP contribution in [0.2, 0.25) is 0 Å². The maximum Gasteiger partial charge on any atom is 0.317 e. The number of nitrogens with zero attached hydrogens (tertiary/aromatic N) is 3. The number of hydrogen-bond donors (Lipinski definition) is 2. The van der Waals surface area contributed by atoms with E-state index in [2.05, 4.69) is 20.8 Å². The Morgan fingerprint density at radius 1 is 1.35 bits per heavy atom. The van der Waals surface area contributed by atoms with Gasteiger partial charge < -0.3 is 20.4 Å². The highest BCUT2D eigenvalue weighted by Gasteiger charge is 2.45. The number of carbonyl (C=O) groups excluding carboxylic acids is 2. The first-order valence-corrected chi connectivity index (χ1v) is 8.95. The molecule has 26 heavy (non-hydrogen) atoms. The molecule has 8 heteroatoms. The van der Waals surface area contributed by atoms with E-state index in [1.165, 1.54) is 0 Å². The molecule has 0 bridgehead atoms. The fraction of sp³-hybridized carbons (Fsp3) is 0.556. The van der Waals surface area contributed by atoms with Crippen molar-refractivity contribution < 1.29 is 14.4 Å². The number of rotatable bonds is 4. The number of aromatic nitrogens is 1. The number of likely N-dealkylation sites (tertiary alicyclic amines) is 1. The van der Waals surface area contributed by atoms with Gasteiger partial charge in [-0.3, -0.25) is 9.78 Å². The van der Waals surface area contributed by atoms with E-state index in [9.17, 15) is 9.59 Å². The van der Waals surface area contributed by atoms with Gasteiger partial charge in [-0.05, 0) is 44.4 Å². The van der Waals surface area contributed by atoms with Gasteiger partial charge in [-0.2, -0.15) is 0 Å². The lowest BCUT2D eigenvalue weighted by Crippen LogP contribution is -2.54. The van der Waals surface area contributed by atoms with E-state index < -0.39 is 5.60 Å². The van der Waals surface area contributed by atoms with Crippen LogP contribution in [0.1, 0.15) is 38.7 Å². The molecule has 1 aromatic rings. The molecule has 8 nitrogen and oxygen atoms in total. The molecule has 3 rings (SSSR count). The molecule has 3 heterocycles. The number of urea groups is 1. The standard InChI is InChI=1S/C18H25N5O3/c1-13(2)21-17(25)23-9-3-6-18(12-23)10-15(22-26-18)16(24)20-11-14-4-7-19-8-5-14/h4-5,7-8,13H,3,6,9-12H2,1-2H3,(H,20,24)(H,21,25)/t18-/m0/s1. The van der Waals surface area contributed by atoms with Crippen LogP contribution < -0.4 is 10.6 Å². The Morgan fingerprint density at radius 2 is 2.12 bits per heavy atom. The van der Waals surface area contributed by atoms with Crippen molar-refractivity contribution in [3.05, 3.63) is 30.1 Å². The third kappa shape index (κ3) is 4.30. The first-order chi connectivity index (χ1) is 12.5. The molecule has 1 spiro atoms. The zero-order valence-corrected chi connectivity index (χ0v) is 15.2. The summed E-state index contributed by atoms with van der Waals surface area (Å²) in [6, 6.07) is 3.68. The van der Waals surface area contributed by atoms with Crippen LogP contribution >= 0.6 is 0 Å². The summed E-state index contributed by atoms with van der Waals surface area (Å²) >= 11 is 0. The van der Waals surface area contributed by atoms with E-state index in [1.54, 1.807) is 17.3 Å². The second kappa shape index (κ2) is 7.72. The lowest BCUT2D eigenvalue weighted by molar-refractivity contribution is -0.115. The van der Waals surface area contributed by atoms with Gasteiger partial charge in [0, 0.05) is 37.9 Å². The number of oxime groups is 1. The molecule has 1 saturated heterocycles. The van der Waals surface area contributed by atoms with Crippen LogP contribution in [-0.4, -0.2) is 52.3 Å². The monoisotopic (exact) mass is 359 g/mol. The van der Waals surface area contributed by atoms with Crippen molar-refractivity contribution in [3.63, 3.8) is 0 Å². The summed E-state index contributed by atoms with van der Waals surface area (Å²) in [5.74, 6) is -0.234. The largest absolute Gasteiger partial charge is 0.386 e. The summed E-state index contributed by atoms with van der Waals surface area (Å²) in [6.07, 6.45) is 5.40. The van der Waals surface area contributed by atoms with Crippen LogP contribution in [-0.2, 0) is 16.2 Å². The van der Waals surface area contributed by atoms with Gasteiger partial charge in [-0.1, -0.05) is 5.16 Å². The average molecular weight is 359 g/mol. The molecule has 2 aliphatic rings. The summed E-state index contributed by atoms with van der Waals surface area (Å²) in [5.41, 5.74) is 0.762. The Hall–Kier alpha value is -2.64. The summed E-state index contributed by atoms with van der Waals surface area (Å²) in [7, 11) is 0. The topological polar surface area (TPSA) is 95.9 Å². The highest BCUT2D eigenvalue weighted by Crippen LogP contribution is 2.33. The molecule has 1 fully saturated rings. The third-order valence-corrected chi connectivity index (χ3v) is 4.54. The molecular formula is C18H25N5O3. The Balaban J connectivity index is 1.54. The van der Waals surface area contributed by atoms with Gasteiger partial charge in [0.25, 0.3) is 5.91 Å². The van der Waals surface area contributed by atoms with Crippen molar-refractivity contribution in [1.29, 1.82) is 0 Å². The lowest BCUT2D eigenvalue weighted by atomic mass is 9.88. The smallest absolute Gasteiger partial charge is 0.317 e. The maximum absolute atomic E-state index is 12.4. The Labute approximate surface area is 153 Å². The Morgan fingerprint density at radius 3 is 2.85 bits per heavy atom. The maximum atomic E-state index is 12.4. The highest BCUT2D eigenvalue weighted by molar-refractivity contribution is 6.39. The molecule has 0 aromatic carbocycles. The van der Waals surface area contributed by atoms with Crippen molar-refractivity contribution >= 4 is 17.6 Å². The van der Waals surface area contributed by atoms with E-state index >= 15 is 0 Å². The average Bonchev–Trinajstić information content (AvgIpc) is 3.03. The van der Waals surface area contributed by atoms with Crippen LogP contribution in [0.3, 0.4) is 0 Å². The van der Waals surface area contributed by atoms with E-state index in [1.807, 2.05) is 26.0 Å². The minimum Gasteiger partial charge on any atom is -0.386 e. The van der Waals surface area contributed by atoms with Gasteiger partial charge in [-0.25, -0.2) is 4.79 Å².